The van der Waals surface area contributed by atoms with Gasteiger partial charge in [0.25, 0.3) is 0 Å². The van der Waals surface area contributed by atoms with Crippen LogP contribution in [0.15, 0.2) is 66.7 Å². The SMILES string of the molecule is C[C@H]1CN(c2nnc(-c3ccc(F)cc3)c3ccccc23)CCN1C(=O)Nc1ccc(F)c(Cl)c1.Cl. The quantitative estimate of drug-likeness (QED) is 0.334. The van der Waals surface area contributed by atoms with Crippen molar-refractivity contribution in [3.8, 4) is 11.3 Å². The Morgan fingerprint density at radius 3 is 2.42 bits per heavy atom. The first-order valence-electron chi connectivity index (χ1n) is 11.2. The number of amides is 2. The number of carbonyl (C=O) groups is 1. The Bertz CT molecular complexity index is 1400. The van der Waals surface area contributed by atoms with Gasteiger partial charge in [-0.15, -0.1) is 22.6 Å². The second kappa shape index (κ2) is 10.6. The van der Waals surface area contributed by atoms with Gasteiger partial charge in [-0.3, -0.25) is 0 Å². The molecule has 1 aliphatic heterocycles. The maximum absolute atomic E-state index is 13.4. The predicted octanol–water partition coefficient (Wildman–Crippen LogP) is 6.39. The van der Waals surface area contributed by atoms with E-state index in [1.54, 1.807) is 17.0 Å². The average molecular weight is 530 g/mol. The molecule has 36 heavy (non-hydrogen) atoms. The largest absolute Gasteiger partial charge is 0.351 e. The summed E-state index contributed by atoms with van der Waals surface area (Å²) in [6.45, 7) is 3.56. The zero-order chi connectivity index (χ0) is 24.5. The normalized spacial score (nSPS) is 15.5. The number of rotatable bonds is 3. The minimum absolute atomic E-state index is 0. The van der Waals surface area contributed by atoms with Gasteiger partial charge in [0.05, 0.1) is 5.02 Å². The van der Waals surface area contributed by atoms with E-state index in [4.69, 9.17) is 11.6 Å². The number of carbonyl (C=O) groups excluding carboxylic acids is 1. The predicted molar refractivity (Wildman–Crippen MR) is 141 cm³/mol. The molecule has 0 spiro atoms. The van der Waals surface area contributed by atoms with Crippen molar-refractivity contribution in [1.82, 2.24) is 15.1 Å². The van der Waals surface area contributed by atoms with Crippen LogP contribution in [0.25, 0.3) is 22.0 Å². The maximum atomic E-state index is 13.4. The van der Waals surface area contributed by atoms with Crippen LogP contribution in [-0.2, 0) is 0 Å². The van der Waals surface area contributed by atoms with Gasteiger partial charge in [-0.1, -0.05) is 35.9 Å². The van der Waals surface area contributed by atoms with Crippen molar-refractivity contribution in [2.24, 2.45) is 0 Å². The van der Waals surface area contributed by atoms with Gasteiger partial charge < -0.3 is 15.1 Å². The first-order chi connectivity index (χ1) is 16.9. The first kappa shape index (κ1) is 25.6. The third-order valence-corrected chi connectivity index (χ3v) is 6.43. The van der Waals surface area contributed by atoms with Crippen LogP contribution >= 0.6 is 24.0 Å². The molecule has 186 valence electrons. The third-order valence-electron chi connectivity index (χ3n) is 6.14. The van der Waals surface area contributed by atoms with Crippen molar-refractivity contribution >= 4 is 52.3 Å². The maximum Gasteiger partial charge on any atom is 0.322 e. The number of nitrogens with zero attached hydrogens (tertiary/aromatic N) is 4. The smallest absolute Gasteiger partial charge is 0.322 e. The lowest BCUT2D eigenvalue weighted by molar-refractivity contribution is 0.184. The minimum atomic E-state index is -0.537. The Hall–Kier alpha value is -3.49. The number of urea groups is 1. The molecule has 1 aromatic heterocycles. The highest BCUT2D eigenvalue weighted by molar-refractivity contribution is 6.31. The number of piperazine rings is 1. The molecule has 0 unspecified atom stereocenters. The molecule has 0 bridgehead atoms. The Morgan fingerprint density at radius 1 is 1.00 bits per heavy atom. The van der Waals surface area contributed by atoms with Crippen LogP contribution in [0.1, 0.15) is 6.92 Å². The molecule has 2 amide bonds. The number of halogens is 4. The standard InChI is InChI=1S/C26H22ClF2N5O.ClH/c1-16-15-33(12-13-34(16)26(35)30-19-10-11-23(29)22(27)14-19)25-21-5-3-2-4-20(21)24(31-32-25)17-6-8-18(28)9-7-17;/h2-11,14,16H,12-13,15H2,1H3,(H,30,35);1H/t16-;/m0./s1. The number of hydrogen-bond donors (Lipinski definition) is 1. The fourth-order valence-corrected chi connectivity index (χ4v) is 4.55. The number of fused-ring (bicyclic) bond motifs is 1. The van der Waals surface area contributed by atoms with E-state index in [0.717, 1.165) is 22.2 Å². The van der Waals surface area contributed by atoms with Gasteiger partial charge in [-0.25, -0.2) is 13.6 Å². The molecule has 1 fully saturated rings. The van der Waals surface area contributed by atoms with Crippen LogP contribution in [0, 0.1) is 11.6 Å². The molecule has 10 heteroatoms. The van der Waals surface area contributed by atoms with E-state index in [-0.39, 0.29) is 35.3 Å². The van der Waals surface area contributed by atoms with E-state index >= 15 is 0 Å². The zero-order valence-electron chi connectivity index (χ0n) is 19.3. The van der Waals surface area contributed by atoms with Crippen molar-refractivity contribution in [2.75, 3.05) is 29.9 Å². The van der Waals surface area contributed by atoms with Crippen molar-refractivity contribution < 1.29 is 13.6 Å². The van der Waals surface area contributed by atoms with Gasteiger partial charge in [0, 0.05) is 47.7 Å². The Morgan fingerprint density at radius 2 is 1.72 bits per heavy atom. The van der Waals surface area contributed by atoms with Gasteiger partial charge in [0.15, 0.2) is 5.82 Å². The Balaban J connectivity index is 0.00000304. The summed E-state index contributed by atoms with van der Waals surface area (Å²) >= 11 is 5.83. The molecule has 1 N–H and O–H groups in total. The molecule has 2 heterocycles. The average Bonchev–Trinajstić information content (AvgIpc) is 2.86. The van der Waals surface area contributed by atoms with Crippen LogP contribution in [0.3, 0.4) is 0 Å². The molecule has 1 atom stereocenters. The summed E-state index contributed by atoms with van der Waals surface area (Å²) in [5.41, 5.74) is 1.91. The van der Waals surface area contributed by atoms with Crippen LogP contribution < -0.4 is 10.2 Å². The highest BCUT2D eigenvalue weighted by Crippen LogP contribution is 2.32. The lowest BCUT2D eigenvalue weighted by Gasteiger charge is -2.40. The van der Waals surface area contributed by atoms with E-state index < -0.39 is 5.82 Å². The third kappa shape index (κ3) is 5.05. The number of aromatic nitrogens is 2. The first-order valence-corrected chi connectivity index (χ1v) is 11.6. The number of anilines is 2. The van der Waals surface area contributed by atoms with Crippen molar-refractivity contribution in [3.05, 3.63) is 83.4 Å². The summed E-state index contributed by atoms with van der Waals surface area (Å²) in [5, 5.41) is 13.6. The monoisotopic (exact) mass is 529 g/mol. The molecule has 0 radical (unpaired) electrons. The highest BCUT2D eigenvalue weighted by atomic mass is 35.5. The van der Waals surface area contributed by atoms with Crippen LogP contribution in [-0.4, -0.2) is 46.8 Å². The van der Waals surface area contributed by atoms with Gasteiger partial charge in [0.1, 0.15) is 17.3 Å². The van der Waals surface area contributed by atoms with Crippen molar-refractivity contribution in [3.63, 3.8) is 0 Å². The van der Waals surface area contributed by atoms with Crippen LogP contribution in [0.5, 0.6) is 0 Å². The Labute approximate surface area is 218 Å². The minimum Gasteiger partial charge on any atom is -0.351 e. The molecule has 3 aromatic carbocycles. The topological polar surface area (TPSA) is 61.4 Å². The molecular formula is C26H23Cl2F2N5O. The lowest BCUT2D eigenvalue weighted by Crippen LogP contribution is -2.55. The summed E-state index contributed by atoms with van der Waals surface area (Å²) in [6, 6.07) is 17.8. The zero-order valence-corrected chi connectivity index (χ0v) is 20.9. The van der Waals surface area contributed by atoms with Gasteiger partial charge in [-0.05, 0) is 49.4 Å². The second-order valence-electron chi connectivity index (χ2n) is 8.47. The molecule has 5 rings (SSSR count). The number of nitrogens with one attached hydrogen (secondary N) is 1. The van der Waals surface area contributed by atoms with E-state index in [2.05, 4.69) is 20.4 Å². The number of benzene rings is 3. The molecular weight excluding hydrogens is 507 g/mol. The van der Waals surface area contributed by atoms with E-state index in [9.17, 15) is 13.6 Å². The van der Waals surface area contributed by atoms with Gasteiger partial charge in [-0.2, -0.15) is 0 Å². The van der Waals surface area contributed by atoms with E-state index in [1.165, 1.54) is 30.3 Å². The molecule has 6 nitrogen and oxygen atoms in total. The van der Waals surface area contributed by atoms with E-state index in [0.29, 0.717) is 31.0 Å². The summed E-state index contributed by atoms with van der Waals surface area (Å²) in [5.74, 6) is -0.102. The van der Waals surface area contributed by atoms with E-state index in [1.807, 2.05) is 31.2 Å². The van der Waals surface area contributed by atoms with Crippen molar-refractivity contribution in [1.29, 1.82) is 0 Å². The molecule has 0 aliphatic carbocycles. The molecule has 0 saturated carbocycles. The second-order valence-corrected chi connectivity index (χ2v) is 8.88. The van der Waals surface area contributed by atoms with Crippen LogP contribution in [0.4, 0.5) is 25.1 Å². The highest BCUT2D eigenvalue weighted by Gasteiger charge is 2.29. The Kier molecular flexibility index (Phi) is 7.56. The van der Waals surface area contributed by atoms with Crippen molar-refractivity contribution in [2.45, 2.75) is 13.0 Å². The molecule has 1 aliphatic rings. The summed E-state index contributed by atoms with van der Waals surface area (Å²) in [4.78, 5) is 16.7. The van der Waals surface area contributed by atoms with Gasteiger partial charge in [0.2, 0.25) is 0 Å². The molecule has 4 aromatic rings. The summed E-state index contributed by atoms with van der Waals surface area (Å²) in [6.07, 6.45) is 0. The van der Waals surface area contributed by atoms with Crippen LogP contribution in [0.2, 0.25) is 5.02 Å². The lowest BCUT2D eigenvalue weighted by atomic mass is 10.0. The summed E-state index contributed by atoms with van der Waals surface area (Å²) in [7, 11) is 0. The van der Waals surface area contributed by atoms with Gasteiger partial charge >= 0.3 is 6.03 Å². The number of hydrogen-bond acceptors (Lipinski definition) is 4. The fraction of sp³-hybridized carbons (Fsp3) is 0.192. The fourth-order valence-electron chi connectivity index (χ4n) is 4.37. The summed E-state index contributed by atoms with van der Waals surface area (Å²) < 4.78 is 26.8. The molecule has 1 saturated heterocycles.